The molecule has 0 aliphatic heterocycles. The number of carbonyl (C=O) groups excluding carboxylic acids is 1. The molecule has 1 heterocycles. The van der Waals surface area contributed by atoms with Crippen molar-refractivity contribution < 1.29 is 9.21 Å². The highest BCUT2D eigenvalue weighted by atomic mass is 35.5. The van der Waals surface area contributed by atoms with Gasteiger partial charge >= 0.3 is 5.76 Å². The number of amides is 1. The first-order chi connectivity index (χ1) is 11.5. The summed E-state index contributed by atoms with van der Waals surface area (Å²) in [5.74, 6) is -0.488. The molecule has 1 amide bonds. The number of hydrogen-bond acceptors (Lipinski definition) is 3. The van der Waals surface area contributed by atoms with Crippen LogP contribution in [-0.2, 0) is 18.3 Å². The van der Waals surface area contributed by atoms with Crippen molar-refractivity contribution in [1.29, 1.82) is 0 Å². The first-order valence-electron chi connectivity index (χ1n) is 7.67. The summed E-state index contributed by atoms with van der Waals surface area (Å²) in [7, 11) is 1.64. The molecule has 1 N–H and O–H groups in total. The normalized spacial score (nSPS) is 10.9. The van der Waals surface area contributed by atoms with Crippen LogP contribution < -0.4 is 11.1 Å². The van der Waals surface area contributed by atoms with Crippen molar-refractivity contribution >= 4 is 34.3 Å². The van der Waals surface area contributed by atoms with E-state index >= 15 is 0 Å². The fourth-order valence-electron chi connectivity index (χ4n) is 2.54. The van der Waals surface area contributed by atoms with Gasteiger partial charge < -0.3 is 9.73 Å². The third-order valence-electron chi connectivity index (χ3n) is 3.86. The smallest absolute Gasteiger partial charge is 0.408 e. The first-order valence-corrected chi connectivity index (χ1v) is 8.04. The second-order valence-corrected chi connectivity index (χ2v) is 6.07. The van der Waals surface area contributed by atoms with Crippen molar-refractivity contribution in [2.45, 2.75) is 19.3 Å². The number of fused-ring (bicyclic) bond motifs is 1. The average Bonchev–Trinajstić information content (AvgIpc) is 2.83. The monoisotopic (exact) mass is 344 g/mol. The summed E-state index contributed by atoms with van der Waals surface area (Å²) < 4.78 is 6.54. The van der Waals surface area contributed by atoms with Gasteiger partial charge in [-0.2, -0.15) is 0 Å². The molecule has 0 fully saturated rings. The maximum absolute atomic E-state index is 12.0. The maximum atomic E-state index is 12.0. The molecule has 2 aromatic carbocycles. The van der Waals surface area contributed by atoms with Gasteiger partial charge in [0, 0.05) is 30.2 Å². The lowest BCUT2D eigenvalue weighted by Crippen LogP contribution is -2.11. The molecule has 0 aliphatic carbocycles. The minimum absolute atomic E-state index is 0.0680. The second-order valence-electron chi connectivity index (χ2n) is 5.64. The number of halogens is 1. The fraction of sp³-hybridized carbons (Fsp3) is 0.222. The highest BCUT2D eigenvalue weighted by Gasteiger charge is 2.08. The minimum Gasteiger partial charge on any atom is -0.408 e. The van der Waals surface area contributed by atoms with Gasteiger partial charge in [-0.3, -0.25) is 9.36 Å². The molecule has 24 heavy (non-hydrogen) atoms. The Bertz CT molecular complexity index is 926. The number of carbonyl (C=O) groups is 1. The molecule has 5 nitrogen and oxygen atoms in total. The summed E-state index contributed by atoms with van der Waals surface area (Å²) in [6, 6.07) is 12.8. The summed E-state index contributed by atoms with van der Waals surface area (Å²) in [5.41, 5.74) is 2.93. The van der Waals surface area contributed by atoms with Crippen molar-refractivity contribution in [3.05, 3.63) is 63.6 Å². The van der Waals surface area contributed by atoms with Crippen LogP contribution in [0, 0.1) is 0 Å². The van der Waals surface area contributed by atoms with E-state index in [-0.39, 0.29) is 5.91 Å². The lowest BCUT2D eigenvalue weighted by Gasteiger charge is -2.05. The van der Waals surface area contributed by atoms with Crippen molar-refractivity contribution in [3.63, 3.8) is 0 Å². The Labute approximate surface area is 143 Å². The van der Waals surface area contributed by atoms with Gasteiger partial charge in [0.15, 0.2) is 5.58 Å². The fourth-order valence-corrected chi connectivity index (χ4v) is 2.67. The first kappa shape index (κ1) is 16.3. The molecule has 0 bridgehead atoms. The summed E-state index contributed by atoms with van der Waals surface area (Å²) in [5, 5.41) is 3.53. The van der Waals surface area contributed by atoms with E-state index in [0.717, 1.165) is 18.4 Å². The Morgan fingerprint density at radius 3 is 2.71 bits per heavy atom. The second kappa shape index (κ2) is 6.93. The van der Waals surface area contributed by atoms with Crippen LogP contribution in [0.1, 0.15) is 18.4 Å². The zero-order valence-corrected chi connectivity index (χ0v) is 14.0. The highest BCUT2D eigenvalue weighted by Crippen LogP contribution is 2.18. The molecule has 124 valence electrons. The maximum Gasteiger partial charge on any atom is 0.419 e. The largest absolute Gasteiger partial charge is 0.419 e. The van der Waals surface area contributed by atoms with Crippen LogP contribution in [0.25, 0.3) is 11.1 Å². The molecule has 0 atom stereocenters. The molecular weight excluding hydrogens is 328 g/mol. The summed E-state index contributed by atoms with van der Waals surface area (Å²) in [6.45, 7) is 0. The van der Waals surface area contributed by atoms with Crippen LogP contribution in [0.4, 0.5) is 5.69 Å². The van der Waals surface area contributed by atoms with E-state index in [1.807, 2.05) is 24.3 Å². The van der Waals surface area contributed by atoms with E-state index in [2.05, 4.69) is 5.32 Å². The molecule has 0 saturated carbocycles. The standard InChI is InChI=1S/C18H17ClN2O3/c1-21-15-10-9-14(11-16(15)24-18(21)23)20-17(22)4-2-3-12-5-7-13(19)8-6-12/h5-11H,2-4H2,1H3,(H,20,22). The average molecular weight is 345 g/mol. The minimum atomic E-state index is -0.420. The van der Waals surface area contributed by atoms with Gasteiger partial charge in [0.2, 0.25) is 5.91 Å². The van der Waals surface area contributed by atoms with Crippen LogP contribution in [0.15, 0.2) is 51.7 Å². The Morgan fingerprint density at radius 1 is 1.21 bits per heavy atom. The molecule has 0 radical (unpaired) electrons. The number of rotatable bonds is 5. The zero-order valence-electron chi connectivity index (χ0n) is 13.2. The van der Waals surface area contributed by atoms with Crippen LogP contribution in [0.2, 0.25) is 5.02 Å². The molecule has 3 rings (SSSR count). The molecule has 0 aliphatic rings. The topological polar surface area (TPSA) is 64.2 Å². The van der Waals surface area contributed by atoms with E-state index in [1.54, 1.807) is 25.2 Å². The van der Waals surface area contributed by atoms with Crippen molar-refractivity contribution in [2.24, 2.45) is 7.05 Å². The summed E-state index contributed by atoms with van der Waals surface area (Å²) in [4.78, 5) is 23.5. The zero-order chi connectivity index (χ0) is 17.1. The van der Waals surface area contributed by atoms with Crippen molar-refractivity contribution in [1.82, 2.24) is 4.57 Å². The SMILES string of the molecule is Cn1c(=O)oc2cc(NC(=O)CCCc3ccc(Cl)cc3)ccc21. The lowest BCUT2D eigenvalue weighted by atomic mass is 10.1. The number of nitrogens with zero attached hydrogens (tertiary/aromatic N) is 1. The Kier molecular flexibility index (Phi) is 4.71. The Balaban J connectivity index is 1.56. The van der Waals surface area contributed by atoms with E-state index in [4.69, 9.17) is 16.0 Å². The number of aromatic nitrogens is 1. The van der Waals surface area contributed by atoms with Gasteiger partial charge in [-0.05, 0) is 42.7 Å². The van der Waals surface area contributed by atoms with Gasteiger partial charge in [0.05, 0.1) is 5.52 Å². The number of hydrogen-bond donors (Lipinski definition) is 1. The predicted molar refractivity (Wildman–Crippen MR) is 94.5 cm³/mol. The highest BCUT2D eigenvalue weighted by molar-refractivity contribution is 6.30. The number of benzene rings is 2. The van der Waals surface area contributed by atoms with E-state index in [0.29, 0.717) is 28.2 Å². The van der Waals surface area contributed by atoms with Gasteiger partial charge in [-0.15, -0.1) is 0 Å². The summed E-state index contributed by atoms with van der Waals surface area (Å²) in [6.07, 6.45) is 1.98. The molecule has 3 aromatic rings. The Morgan fingerprint density at radius 2 is 1.96 bits per heavy atom. The van der Waals surface area contributed by atoms with Gasteiger partial charge in [0.1, 0.15) is 0 Å². The lowest BCUT2D eigenvalue weighted by molar-refractivity contribution is -0.116. The molecule has 0 unspecified atom stereocenters. The molecule has 6 heteroatoms. The van der Waals surface area contributed by atoms with E-state index in [9.17, 15) is 9.59 Å². The van der Waals surface area contributed by atoms with Gasteiger partial charge in [-0.1, -0.05) is 23.7 Å². The number of aryl methyl sites for hydroxylation is 2. The van der Waals surface area contributed by atoms with Crippen molar-refractivity contribution in [3.8, 4) is 0 Å². The quantitative estimate of drug-likeness (QED) is 0.766. The third kappa shape index (κ3) is 3.68. The number of nitrogens with one attached hydrogen (secondary N) is 1. The third-order valence-corrected chi connectivity index (χ3v) is 4.11. The molecule has 0 saturated heterocycles. The van der Waals surface area contributed by atoms with Crippen LogP contribution in [0.5, 0.6) is 0 Å². The summed E-state index contributed by atoms with van der Waals surface area (Å²) >= 11 is 5.85. The number of anilines is 1. The molecule has 1 aromatic heterocycles. The van der Waals surface area contributed by atoms with E-state index < -0.39 is 5.76 Å². The molecular formula is C18H17ClN2O3. The number of oxazole rings is 1. The van der Waals surface area contributed by atoms with Crippen LogP contribution >= 0.6 is 11.6 Å². The van der Waals surface area contributed by atoms with Gasteiger partial charge in [0.25, 0.3) is 0 Å². The predicted octanol–water partition coefficient (Wildman–Crippen LogP) is 3.75. The molecule has 0 spiro atoms. The van der Waals surface area contributed by atoms with Crippen LogP contribution in [0.3, 0.4) is 0 Å². The van der Waals surface area contributed by atoms with E-state index in [1.165, 1.54) is 4.57 Å². The van der Waals surface area contributed by atoms with Crippen molar-refractivity contribution in [2.75, 3.05) is 5.32 Å². The Hall–Kier alpha value is -2.53. The van der Waals surface area contributed by atoms with Crippen LogP contribution in [-0.4, -0.2) is 10.5 Å². The van der Waals surface area contributed by atoms with Gasteiger partial charge in [-0.25, -0.2) is 4.79 Å².